The fourth-order valence-electron chi connectivity index (χ4n) is 1.41. The van der Waals surface area contributed by atoms with E-state index in [-0.39, 0.29) is 0 Å². The molecule has 1 radical (unpaired) electrons. The van der Waals surface area contributed by atoms with E-state index < -0.39 is 0 Å². The van der Waals surface area contributed by atoms with E-state index in [0.717, 1.165) is 0 Å². The molecule has 1 heterocycles. The normalized spacial score (nSPS) is 9.20. The number of hydrogen-bond donors (Lipinski definition) is 0. The lowest BCUT2D eigenvalue weighted by atomic mass is 10.1. The highest BCUT2D eigenvalue weighted by Crippen LogP contribution is 2.17. The molecule has 3 heteroatoms. The van der Waals surface area contributed by atoms with Gasteiger partial charge in [0, 0.05) is 18.5 Å². The van der Waals surface area contributed by atoms with E-state index in [1.165, 1.54) is 0 Å². The third-order valence-electron chi connectivity index (χ3n) is 2.10. The number of nitrogens with zero attached hydrogens (tertiary/aromatic N) is 3. The van der Waals surface area contributed by atoms with Crippen LogP contribution in [0.4, 0.5) is 0 Å². The summed E-state index contributed by atoms with van der Waals surface area (Å²) in [7, 11) is 0. The Hall–Kier alpha value is -2.52. The average Bonchev–Trinajstić information content (AvgIpc) is 2.81. The molecule has 2 rings (SSSR count). The van der Waals surface area contributed by atoms with Crippen LogP contribution in [0.2, 0.25) is 0 Å². The van der Waals surface area contributed by atoms with Crippen molar-refractivity contribution < 1.29 is 0 Å². The molecule has 0 spiro atoms. The van der Waals surface area contributed by atoms with Crippen molar-refractivity contribution in [2.45, 2.75) is 0 Å². The van der Waals surface area contributed by atoms with Crippen LogP contribution >= 0.6 is 0 Å². The lowest BCUT2D eigenvalue weighted by molar-refractivity contribution is 1.07. The number of hydrogen-bond acceptors (Lipinski definition) is 2. The van der Waals surface area contributed by atoms with Crippen molar-refractivity contribution in [1.29, 1.82) is 10.5 Å². The van der Waals surface area contributed by atoms with E-state index in [0.29, 0.717) is 16.8 Å². The minimum atomic E-state index is 0.392. The summed E-state index contributed by atoms with van der Waals surface area (Å²) < 4.78 is 1.76. The van der Waals surface area contributed by atoms with E-state index in [9.17, 15) is 0 Å². The summed E-state index contributed by atoms with van der Waals surface area (Å²) in [6.07, 6.45) is 3.51. The molecule has 0 bridgehead atoms. The second-order valence-corrected chi connectivity index (χ2v) is 2.94. The summed E-state index contributed by atoms with van der Waals surface area (Å²) in [5, 5.41) is 17.9. The predicted molar refractivity (Wildman–Crippen MR) is 54.0 cm³/mol. The van der Waals surface area contributed by atoms with Crippen molar-refractivity contribution in [3.8, 4) is 17.8 Å². The molecule has 1 aromatic heterocycles. The Morgan fingerprint density at radius 2 is 2.07 bits per heavy atom. The summed E-state index contributed by atoms with van der Waals surface area (Å²) >= 11 is 0. The van der Waals surface area contributed by atoms with Gasteiger partial charge >= 0.3 is 0 Å². The van der Waals surface area contributed by atoms with Gasteiger partial charge in [0.2, 0.25) is 0 Å². The first-order valence-electron chi connectivity index (χ1n) is 4.34. The standard InChI is InChI=1S/C12H6N3/c13-8-10-4-3-5-12(11(10)9-14)15-6-1-2-7-15/h1,3-7H. The Labute approximate surface area is 87.4 Å². The molecule has 69 valence electrons. The van der Waals surface area contributed by atoms with Gasteiger partial charge in [-0.15, -0.1) is 0 Å². The molecule has 0 atom stereocenters. The van der Waals surface area contributed by atoms with E-state index in [1.807, 2.05) is 12.1 Å². The molecule has 1 aromatic carbocycles. The van der Waals surface area contributed by atoms with Crippen LogP contribution in [0.1, 0.15) is 11.1 Å². The molecular weight excluding hydrogens is 186 g/mol. The van der Waals surface area contributed by atoms with Gasteiger partial charge in [0.15, 0.2) is 0 Å². The molecule has 0 N–H and O–H groups in total. The Morgan fingerprint density at radius 1 is 1.20 bits per heavy atom. The maximum atomic E-state index is 9.00. The summed E-state index contributed by atoms with van der Waals surface area (Å²) in [6.45, 7) is 0. The number of benzene rings is 1. The fraction of sp³-hybridized carbons (Fsp3) is 0. The van der Waals surface area contributed by atoms with Gasteiger partial charge in [-0.05, 0) is 18.2 Å². The van der Waals surface area contributed by atoms with Crippen LogP contribution in [-0.4, -0.2) is 4.57 Å². The first kappa shape index (κ1) is 9.05. The van der Waals surface area contributed by atoms with Crippen molar-refractivity contribution in [2.24, 2.45) is 0 Å². The summed E-state index contributed by atoms with van der Waals surface area (Å²) in [5.41, 5.74) is 1.49. The van der Waals surface area contributed by atoms with Crippen molar-refractivity contribution >= 4 is 0 Å². The van der Waals surface area contributed by atoms with Gasteiger partial charge in [-0.25, -0.2) is 0 Å². The predicted octanol–water partition coefficient (Wildman–Crippen LogP) is 2.02. The second-order valence-electron chi connectivity index (χ2n) is 2.94. The highest BCUT2D eigenvalue weighted by molar-refractivity contribution is 5.57. The van der Waals surface area contributed by atoms with Gasteiger partial charge in [0.25, 0.3) is 0 Å². The van der Waals surface area contributed by atoms with Crippen LogP contribution in [-0.2, 0) is 0 Å². The molecule has 3 nitrogen and oxygen atoms in total. The smallest absolute Gasteiger partial charge is 0.103 e. The van der Waals surface area contributed by atoms with Crippen LogP contribution in [0.3, 0.4) is 0 Å². The van der Waals surface area contributed by atoms with E-state index in [2.05, 4.69) is 6.07 Å². The molecule has 0 unspecified atom stereocenters. The first-order valence-corrected chi connectivity index (χ1v) is 4.34. The van der Waals surface area contributed by atoms with Crippen molar-refractivity contribution in [1.82, 2.24) is 4.57 Å². The molecule has 0 saturated heterocycles. The SMILES string of the molecule is N#Cc1cccc(-n2c[c]cc2)c1C#N. The van der Waals surface area contributed by atoms with Gasteiger partial charge in [-0.3, -0.25) is 0 Å². The van der Waals surface area contributed by atoms with Crippen LogP contribution in [0.15, 0.2) is 36.7 Å². The zero-order chi connectivity index (χ0) is 10.7. The zero-order valence-corrected chi connectivity index (χ0v) is 7.81. The average molecular weight is 192 g/mol. The molecule has 0 aliphatic rings. The summed E-state index contributed by atoms with van der Waals surface area (Å²) in [4.78, 5) is 0. The van der Waals surface area contributed by atoms with Crippen molar-refractivity contribution in [3.63, 3.8) is 0 Å². The Morgan fingerprint density at radius 3 is 2.67 bits per heavy atom. The fourth-order valence-corrected chi connectivity index (χ4v) is 1.41. The molecule has 0 fully saturated rings. The molecule has 15 heavy (non-hydrogen) atoms. The maximum Gasteiger partial charge on any atom is 0.103 e. The van der Waals surface area contributed by atoms with Crippen molar-refractivity contribution in [3.05, 3.63) is 53.9 Å². The topological polar surface area (TPSA) is 52.5 Å². The molecule has 0 aliphatic heterocycles. The molecule has 2 aromatic rings. The summed E-state index contributed by atoms with van der Waals surface area (Å²) in [5.74, 6) is 0. The van der Waals surface area contributed by atoms with E-state index >= 15 is 0 Å². The quantitative estimate of drug-likeness (QED) is 0.694. The Kier molecular flexibility index (Phi) is 2.23. The van der Waals surface area contributed by atoms with Crippen LogP contribution in [0.25, 0.3) is 5.69 Å². The van der Waals surface area contributed by atoms with Gasteiger partial charge in [-0.2, -0.15) is 10.5 Å². The Bertz CT molecular complexity index is 554. The van der Waals surface area contributed by atoms with E-state index in [1.54, 1.807) is 41.2 Å². The maximum absolute atomic E-state index is 9.00. The number of rotatable bonds is 1. The van der Waals surface area contributed by atoms with Crippen molar-refractivity contribution in [2.75, 3.05) is 0 Å². The highest BCUT2D eigenvalue weighted by Gasteiger charge is 2.07. The minimum absolute atomic E-state index is 0.392. The lowest BCUT2D eigenvalue weighted by Gasteiger charge is -2.05. The lowest BCUT2D eigenvalue weighted by Crippen LogP contribution is -1.96. The molecule has 0 saturated carbocycles. The minimum Gasteiger partial charge on any atom is -0.322 e. The molecule has 0 amide bonds. The monoisotopic (exact) mass is 192 g/mol. The summed E-state index contributed by atoms with van der Waals surface area (Å²) in [6, 6.07) is 13.9. The third kappa shape index (κ3) is 1.47. The third-order valence-corrected chi connectivity index (χ3v) is 2.10. The highest BCUT2D eigenvalue weighted by atomic mass is 14.9. The van der Waals surface area contributed by atoms with Gasteiger partial charge in [0.05, 0.1) is 16.8 Å². The zero-order valence-electron chi connectivity index (χ0n) is 7.81. The molecule has 0 aliphatic carbocycles. The van der Waals surface area contributed by atoms with Gasteiger partial charge in [-0.1, -0.05) is 6.07 Å². The number of nitriles is 2. The number of aromatic nitrogens is 1. The first-order chi connectivity index (χ1) is 7.36. The largest absolute Gasteiger partial charge is 0.322 e. The Balaban J connectivity index is 2.70. The van der Waals surface area contributed by atoms with Crippen LogP contribution in [0.5, 0.6) is 0 Å². The van der Waals surface area contributed by atoms with E-state index in [4.69, 9.17) is 10.5 Å². The second kappa shape index (κ2) is 3.69. The van der Waals surface area contributed by atoms with Gasteiger partial charge < -0.3 is 4.57 Å². The van der Waals surface area contributed by atoms with Gasteiger partial charge in [0.1, 0.15) is 12.1 Å². The van der Waals surface area contributed by atoms with Crippen LogP contribution in [0, 0.1) is 28.7 Å². The molecular formula is C12H6N3. The van der Waals surface area contributed by atoms with Crippen LogP contribution < -0.4 is 0 Å².